The number of aromatic nitrogens is 2. The second-order valence-electron chi connectivity index (χ2n) is 5.27. The van der Waals surface area contributed by atoms with Crippen LogP contribution in [0.15, 0.2) is 0 Å². The molecular weight excluding hydrogens is 270 g/mol. The third-order valence-electron chi connectivity index (χ3n) is 3.84. The van der Waals surface area contributed by atoms with E-state index < -0.39 is 0 Å². The Labute approximate surface area is 125 Å². The molecule has 0 spiro atoms. The van der Waals surface area contributed by atoms with Gasteiger partial charge in [0, 0.05) is 25.7 Å². The van der Waals surface area contributed by atoms with Crippen LogP contribution in [0, 0.1) is 6.92 Å². The first-order chi connectivity index (χ1) is 10.1. The molecule has 1 fully saturated rings. The minimum Gasteiger partial charge on any atom is -0.450 e. The molecule has 1 aliphatic rings. The molecule has 0 aliphatic carbocycles. The summed E-state index contributed by atoms with van der Waals surface area (Å²) in [5.41, 5.74) is 7.64. The Bertz CT molecular complexity index is 492. The molecular formula is C14H25N5O2. The van der Waals surface area contributed by atoms with E-state index in [1.54, 1.807) is 4.90 Å². The van der Waals surface area contributed by atoms with Crippen LogP contribution < -0.4 is 11.1 Å². The predicted octanol–water partition coefficient (Wildman–Crippen LogP) is 1.83. The highest BCUT2D eigenvalue weighted by molar-refractivity contribution is 5.68. The molecule has 2 heterocycles. The average molecular weight is 295 g/mol. The lowest BCUT2D eigenvalue weighted by molar-refractivity contribution is 0.0983. The van der Waals surface area contributed by atoms with Gasteiger partial charge in [-0.15, -0.1) is 0 Å². The van der Waals surface area contributed by atoms with Crippen molar-refractivity contribution >= 4 is 17.6 Å². The predicted molar refractivity (Wildman–Crippen MR) is 82.3 cm³/mol. The van der Waals surface area contributed by atoms with E-state index in [0.29, 0.717) is 31.4 Å². The Morgan fingerprint density at radius 2 is 2.10 bits per heavy atom. The zero-order valence-corrected chi connectivity index (χ0v) is 13.1. The van der Waals surface area contributed by atoms with Crippen LogP contribution in [0.3, 0.4) is 0 Å². The van der Waals surface area contributed by atoms with Crippen molar-refractivity contribution in [2.45, 2.75) is 46.2 Å². The summed E-state index contributed by atoms with van der Waals surface area (Å²) in [5, 5.41) is 7.88. The van der Waals surface area contributed by atoms with E-state index >= 15 is 0 Å². The van der Waals surface area contributed by atoms with Gasteiger partial charge in [0.15, 0.2) is 0 Å². The summed E-state index contributed by atoms with van der Waals surface area (Å²) >= 11 is 0. The van der Waals surface area contributed by atoms with Gasteiger partial charge in [0.05, 0.1) is 18.0 Å². The van der Waals surface area contributed by atoms with Gasteiger partial charge in [0.1, 0.15) is 5.82 Å². The number of nitrogen functional groups attached to an aromatic ring is 1. The quantitative estimate of drug-likeness (QED) is 0.885. The van der Waals surface area contributed by atoms with Gasteiger partial charge in [-0.1, -0.05) is 0 Å². The van der Waals surface area contributed by atoms with E-state index in [1.165, 1.54) is 0 Å². The van der Waals surface area contributed by atoms with Crippen LogP contribution in [0.25, 0.3) is 0 Å². The first kappa shape index (κ1) is 15.5. The monoisotopic (exact) mass is 295 g/mol. The second kappa shape index (κ2) is 6.69. The van der Waals surface area contributed by atoms with E-state index in [9.17, 15) is 4.79 Å². The minimum atomic E-state index is -0.218. The molecule has 1 aromatic heterocycles. The molecule has 0 bridgehead atoms. The number of anilines is 2. The molecule has 7 heteroatoms. The number of carbonyl (C=O) groups is 1. The fourth-order valence-corrected chi connectivity index (χ4v) is 2.59. The number of hydrogen-bond acceptors (Lipinski definition) is 5. The number of amides is 1. The van der Waals surface area contributed by atoms with Crippen molar-refractivity contribution in [3.05, 3.63) is 5.69 Å². The number of nitrogens with two attached hydrogens (primary N) is 1. The van der Waals surface area contributed by atoms with E-state index in [-0.39, 0.29) is 6.09 Å². The average Bonchev–Trinajstić information content (AvgIpc) is 2.76. The van der Waals surface area contributed by atoms with Crippen LogP contribution >= 0.6 is 0 Å². The van der Waals surface area contributed by atoms with Crippen molar-refractivity contribution in [1.29, 1.82) is 0 Å². The van der Waals surface area contributed by atoms with Crippen LogP contribution in [-0.4, -0.2) is 46.5 Å². The summed E-state index contributed by atoms with van der Waals surface area (Å²) in [6, 6.07) is 0.305. The van der Waals surface area contributed by atoms with Crippen molar-refractivity contribution in [1.82, 2.24) is 14.7 Å². The van der Waals surface area contributed by atoms with Gasteiger partial charge in [-0.3, -0.25) is 0 Å². The Hall–Kier alpha value is -1.92. The molecule has 1 aromatic rings. The normalized spacial score (nSPS) is 16.0. The van der Waals surface area contributed by atoms with Crippen LogP contribution in [0.2, 0.25) is 0 Å². The molecule has 3 N–H and O–H groups in total. The molecule has 2 rings (SSSR count). The van der Waals surface area contributed by atoms with Gasteiger partial charge in [-0.25, -0.2) is 9.48 Å². The van der Waals surface area contributed by atoms with Crippen molar-refractivity contribution in [3.8, 4) is 0 Å². The van der Waals surface area contributed by atoms with E-state index in [1.807, 2.05) is 25.5 Å². The van der Waals surface area contributed by atoms with Crippen molar-refractivity contribution in [2.24, 2.45) is 0 Å². The molecule has 1 aliphatic heterocycles. The number of carbonyl (C=O) groups excluding carboxylic acids is 1. The van der Waals surface area contributed by atoms with E-state index in [2.05, 4.69) is 10.4 Å². The van der Waals surface area contributed by atoms with Crippen LogP contribution in [0.5, 0.6) is 0 Å². The standard InChI is InChI=1S/C14H25N5O2/c1-4-19-13(12(15)10(3)17-19)16-11-6-8-18(9-7-11)14(20)21-5-2/h11,16H,4-9,15H2,1-3H3. The summed E-state index contributed by atoms with van der Waals surface area (Å²) in [7, 11) is 0. The van der Waals surface area contributed by atoms with Crippen LogP contribution in [-0.2, 0) is 11.3 Å². The number of hydrogen-bond donors (Lipinski definition) is 2. The molecule has 0 saturated carbocycles. The maximum atomic E-state index is 11.7. The number of aryl methyl sites for hydroxylation is 2. The van der Waals surface area contributed by atoms with Crippen LogP contribution in [0.1, 0.15) is 32.4 Å². The maximum absolute atomic E-state index is 11.7. The fourth-order valence-electron chi connectivity index (χ4n) is 2.59. The number of rotatable bonds is 4. The van der Waals surface area contributed by atoms with Gasteiger partial charge in [0.25, 0.3) is 0 Å². The number of piperidine rings is 1. The molecule has 0 aromatic carbocycles. The Balaban J connectivity index is 1.93. The lowest BCUT2D eigenvalue weighted by Crippen LogP contribution is -2.42. The molecule has 21 heavy (non-hydrogen) atoms. The molecule has 1 saturated heterocycles. The Morgan fingerprint density at radius 1 is 1.43 bits per heavy atom. The van der Waals surface area contributed by atoms with Crippen LogP contribution in [0.4, 0.5) is 16.3 Å². The summed E-state index contributed by atoms with van der Waals surface area (Å²) in [6.07, 6.45) is 1.54. The highest BCUT2D eigenvalue weighted by Gasteiger charge is 2.25. The lowest BCUT2D eigenvalue weighted by Gasteiger charge is -2.32. The first-order valence-corrected chi connectivity index (χ1v) is 7.57. The van der Waals surface area contributed by atoms with E-state index in [4.69, 9.17) is 10.5 Å². The van der Waals surface area contributed by atoms with Crippen molar-refractivity contribution < 1.29 is 9.53 Å². The smallest absolute Gasteiger partial charge is 0.409 e. The topological polar surface area (TPSA) is 85.4 Å². The number of nitrogens with zero attached hydrogens (tertiary/aromatic N) is 3. The number of likely N-dealkylation sites (tertiary alicyclic amines) is 1. The molecule has 0 unspecified atom stereocenters. The largest absolute Gasteiger partial charge is 0.450 e. The van der Waals surface area contributed by atoms with Gasteiger partial charge < -0.3 is 20.7 Å². The number of nitrogens with one attached hydrogen (secondary N) is 1. The molecule has 118 valence electrons. The summed E-state index contributed by atoms with van der Waals surface area (Å²) < 4.78 is 6.92. The van der Waals surface area contributed by atoms with Gasteiger partial charge in [0.2, 0.25) is 0 Å². The number of ether oxygens (including phenoxy) is 1. The third kappa shape index (κ3) is 3.40. The SMILES string of the molecule is CCOC(=O)N1CCC(Nc2c(N)c(C)nn2CC)CC1. The van der Waals surface area contributed by atoms with E-state index in [0.717, 1.165) is 30.9 Å². The van der Waals surface area contributed by atoms with Crippen molar-refractivity contribution in [3.63, 3.8) is 0 Å². The van der Waals surface area contributed by atoms with Gasteiger partial charge in [-0.2, -0.15) is 5.10 Å². The molecule has 7 nitrogen and oxygen atoms in total. The highest BCUT2D eigenvalue weighted by atomic mass is 16.6. The fraction of sp³-hybridized carbons (Fsp3) is 0.714. The Morgan fingerprint density at radius 3 is 2.67 bits per heavy atom. The second-order valence-corrected chi connectivity index (χ2v) is 5.27. The zero-order chi connectivity index (χ0) is 15.4. The first-order valence-electron chi connectivity index (χ1n) is 7.57. The molecule has 0 radical (unpaired) electrons. The summed E-state index contributed by atoms with van der Waals surface area (Å²) in [5.74, 6) is 0.893. The third-order valence-corrected chi connectivity index (χ3v) is 3.84. The Kier molecular flexibility index (Phi) is 4.93. The molecule has 1 amide bonds. The highest BCUT2D eigenvalue weighted by Crippen LogP contribution is 2.25. The summed E-state index contributed by atoms with van der Waals surface area (Å²) in [6.45, 7) is 8.38. The lowest BCUT2D eigenvalue weighted by atomic mass is 10.1. The minimum absolute atomic E-state index is 0.218. The maximum Gasteiger partial charge on any atom is 0.409 e. The zero-order valence-electron chi connectivity index (χ0n) is 13.1. The van der Waals surface area contributed by atoms with Crippen molar-refractivity contribution in [2.75, 3.05) is 30.7 Å². The molecule has 0 atom stereocenters. The van der Waals surface area contributed by atoms with Gasteiger partial charge >= 0.3 is 6.09 Å². The summed E-state index contributed by atoms with van der Waals surface area (Å²) in [4.78, 5) is 13.4. The van der Waals surface area contributed by atoms with Gasteiger partial charge in [-0.05, 0) is 33.6 Å².